The molecule has 1 aliphatic heterocycles. The Bertz CT molecular complexity index is 780. The molecule has 1 N–H and O–H groups in total. The second-order valence-electron chi connectivity index (χ2n) is 4.70. The van der Waals surface area contributed by atoms with E-state index in [1.807, 2.05) is 48.5 Å². The summed E-state index contributed by atoms with van der Waals surface area (Å²) in [6, 6.07) is 15.1. The molecule has 0 fully saturated rings. The fourth-order valence-electron chi connectivity index (χ4n) is 2.11. The number of amidine groups is 1. The van der Waals surface area contributed by atoms with Gasteiger partial charge in [-0.15, -0.1) is 0 Å². The lowest BCUT2D eigenvalue weighted by Gasteiger charge is -2.02. The van der Waals surface area contributed by atoms with Gasteiger partial charge in [0.1, 0.15) is 17.3 Å². The van der Waals surface area contributed by atoms with Crippen molar-refractivity contribution in [2.45, 2.75) is 0 Å². The van der Waals surface area contributed by atoms with E-state index in [9.17, 15) is 4.79 Å². The van der Waals surface area contributed by atoms with Gasteiger partial charge < -0.3 is 10.1 Å². The maximum absolute atomic E-state index is 12.1. The highest BCUT2D eigenvalue weighted by molar-refractivity contribution is 9.10. The zero-order valence-corrected chi connectivity index (χ0v) is 13.4. The van der Waals surface area contributed by atoms with Gasteiger partial charge in [0.15, 0.2) is 0 Å². The van der Waals surface area contributed by atoms with Crippen molar-refractivity contribution in [3.63, 3.8) is 0 Å². The van der Waals surface area contributed by atoms with Gasteiger partial charge in [-0.05, 0) is 29.8 Å². The number of carbonyl (C=O) groups excluding carboxylic acids is 1. The molecule has 0 bridgehead atoms. The van der Waals surface area contributed by atoms with Crippen LogP contribution in [0.1, 0.15) is 11.1 Å². The summed E-state index contributed by atoms with van der Waals surface area (Å²) in [5, 5.41) is 2.79. The number of nitrogens with one attached hydrogen (secondary N) is 1. The Morgan fingerprint density at radius 2 is 1.86 bits per heavy atom. The van der Waals surface area contributed by atoms with Crippen LogP contribution in [0.5, 0.6) is 5.75 Å². The molecule has 0 saturated carbocycles. The zero-order chi connectivity index (χ0) is 15.5. The number of ether oxygens (including phenoxy) is 1. The van der Waals surface area contributed by atoms with Crippen molar-refractivity contribution in [3.8, 4) is 5.75 Å². The summed E-state index contributed by atoms with van der Waals surface area (Å²) in [6.45, 7) is 0. The first kappa shape index (κ1) is 14.5. The van der Waals surface area contributed by atoms with Crippen LogP contribution in [0, 0.1) is 0 Å². The van der Waals surface area contributed by atoms with Crippen molar-refractivity contribution >= 4 is 33.7 Å². The van der Waals surface area contributed by atoms with E-state index in [0.717, 1.165) is 21.3 Å². The molecule has 5 heteroatoms. The number of rotatable bonds is 3. The molecule has 2 aromatic carbocycles. The first-order valence-corrected chi connectivity index (χ1v) is 7.47. The summed E-state index contributed by atoms with van der Waals surface area (Å²) < 4.78 is 6.00. The van der Waals surface area contributed by atoms with E-state index in [0.29, 0.717) is 11.5 Å². The Kier molecular flexibility index (Phi) is 4.06. The molecule has 1 amide bonds. The highest BCUT2D eigenvalue weighted by Crippen LogP contribution is 2.21. The van der Waals surface area contributed by atoms with Gasteiger partial charge in [0.05, 0.1) is 7.11 Å². The highest BCUT2D eigenvalue weighted by atomic mass is 79.9. The Balaban J connectivity index is 1.92. The van der Waals surface area contributed by atoms with Crippen molar-refractivity contribution in [3.05, 3.63) is 69.8 Å². The van der Waals surface area contributed by atoms with Crippen LogP contribution in [0.25, 0.3) is 6.08 Å². The lowest BCUT2D eigenvalue weighted by atomic mass is 10.2. The highest BCUT2D eigenvalue weighted by Gasteiger charge is 2.22. The fraction of sp³-hybridized carbons (Fsp3) is 0.0588. The molecule has 0 spiro atoms. The molecule has 0 aromatic heterocycles. The van der Waals surface area contributed by atoms with E-state index in [1.165, 1.54) is 0 Å². The minimum atomic E-state index is -0.207. The lowest BCUT2D eigenvalue weighted by molar-refractivity contribution is -0.115. The van der Waals surface area contributed by atoms with E-state index in [2.05, 4.69) is 26.2 Å². The van der Waals surface area contributed by atoms with E-state index >= 15 is 0 Å². The molecular weight excluding hydrogens is 344 g/mol. The maximum atomic E-state index is 12.1. The molecular formula is C17H13BrN2O2. The van der Waals surface area contributed by atoms with Crippen LogP contribution in [0.2, 0.25) is 0 Å². The number of carbonyl (C=O) groups is 1. The minimum Gasteiger partial charge on any atom is -0.497 e. The SMILES string of the molecule is COc1ccc(/C=C2/N=C(c3ccccc3Br)NC2=O)cc1. The van der Waals surface area contributed by atoms with Gasteiger partial charge in [-0.25, -0.2) is 4.99 Å². The van der Waals surface area contributed by atoms with Crippen LogP contribution in [-0.4, -0.2) is 18.9 Å². The standard InChI is InChI=1S/C17H13BrN2O2/c1-22-12-8-6-11(7-9-12)10-15-17(21)20-16(19-15)13-4-2-3-5-14(13)18/h2-10H,1H3,(H,19,20,21)/b15-10+. The van der Waals surface area contributed by atoms with Gasteiger partial charge in [-0.2, -0.15) is 0 Å². The molecule has 22 heavy (non-hydrogen) atoms. The van der Waals surface area contributed by atoms with Gasteiger partial charge in [-0.3, -0.25) is 4.79 Å². The summed E-state index contributed by atoms with van der Waals surface area (Å²) in [7, 11) is 1.62. The Morgan fingerprint density at radius 1 is 1.14 bits per heavy atom. The smallest absolute Gasteiger partial charge is 0.275 e. The number of halogens is 1. The third-order valence-electron chi connectivity index (χ3n) is 3.24. The van der Waals surface area contributed by atoms with Gasteiger partial charge in [0.2, 0.25) is 0 Å². The number of aliphatic imine (C=N–C) groups is 1. The molecule has 0 unspecified atom stereocenters. The average Bonchev–Trinajstić information content (AvgIpc) is 2.89. The third-order valence-corrected chi connectivity index (χ3v) is 3.94. The number of amides is 1. The van der Waals surface area contributed by atoms with Gasteiger partial charge in [0.25, 0.3) is 5.91 Å². The molecule has 4 nitrogen and oxygen atoms in total. The van der Waals surface area contributed by atoms with Crippen molar-refractivity contribution in [2.75, 3.05) is 7.11 Å². The summed E-state index contributed by atoms with van der Waals surface area (Å²) in [5.41, 5.74) is 2.13. The predicted molar refractivity (Wildman–Crippen MR) is 89.8 cm³/mol. The van der Waals surface area contributed by atoms with Crippen molar-refractivity contribution in [1.82, 2.24) is 5.32 Å². The van der Waals surface area contributed by atoms with E-state index in [1.54, 1.807) is 13.2 Å². The second-order valence-corrected chi connectivity index (χ2v) is 5.55. The topological polar surface area (TPSA) is 50.7 Å². The van der Waals surface area contributed by atoms with Crippen molar-refractivity contribution in [1.29, 1.82) is 0 Å². The summed E-state index contributed by atoms with van der Waals surface area (Å²) in [4.78, 5) is 16.5. The molecule has 1 aliphatic rings. The molecule has 0 saturated heterocycles. The van der Waals surface area contributed by atoms with E-state index in [-0.39, 0.29) is 5.91 Å². The van der Waals surface area contributed by atoms with Crippen LogP contribution in [-0.2, 0) is 4.79 Å². The van der Waals surface area contributed by atoms with Crippen LogP contribution < -0.4 is 10.1 Å². The first-order chi connectivity index (χ1) is 10.7. The number of hydrogen-bond acceptors (Lipinski definition) is 3. The van der Waals surface area contributed by atoms with Gasteiger partial charge in [-0.1, -0.05) is 46.3 Å². The number of methoxy groups -OCH3 is 1. The molecule has 1 heterocycles. The largest absolute Gasteiger partial charge is 0.497 e. The van der Waals surface area contributed by atoms with Crippen LogP contribution in [0.15, 0.2) is 63.7 Å². The van der Waals surface area contributed by atoms with E-state index < -0.39 is 0 Å². The Morgan fingerprint density at radius 3 is 2.55 bits per heavy atom. The molecule has 0 radical (unpaired) electrons. The predicted octanol–water partition coefficient (Wildman–Crippen LogP) is 3.38. The van der Waals surface area contributed by atoms with Crippen molar-refractivity contribution in [2.24, 2.45) is 4.99 Å². The number of nitrogens with zero attached hydrogens (tertiary/aromatic N) is 1. The molecule has 0 aliphatic carbocycles. The second kappa shape index (κ2) is 6.15. The average molecular weight is 357 g/mol. The van der Waals surface area contributed by atoms with Crippen LogP contribution in [0.4, 0.5) is 0 Å². The summed E-state index contributed by atoms with van der Waals surface area (Å²) in [6.07, 6.45) is 1.75. The Hall–Kier alpha value is -2.40. The minimum absolute atomic E-state index is 0.207. The molecule has 2 aromatic rings. The Labute approximate surface area is 136 Å². The van der Waals surface area contributed by atoms with Gasteiger partial charge in [0, 0.05) is 10.0 Å². The maximum Gasteiger partial charge on any atom is 0.275 e. The lowest BCUT2D eigenvalue weighted by Crippen LogP contribution is -2.24. The molecule has 110 valence electrons. The number of hydrogen-bond donors (Lipinski definition) is 1. The van der Waals surface area contributed by atoms with Crippen LogP contribution in [0.3, 0.4) is 0 Å². The first-order valence-electron chi connectivity index (χ1n) is 6.68. The summed E-state index contributed by atoms with van der Waals surface area (Å²) in [5.74, 6) is 1.12. The quantitative estimate of drug-likeness (QED) is 0.857. The van der Waals surface area contributed by atoms with Crippen LogP contribution >= 0.6 is 15.9 Å². The van der Waals surface area contributed by atoms with Crippen molar-refractivity contribution < 1.29 is 9.53 Å². The number of benzene rings is 2. The van der Waals surface area contributed by atoms with E-state index in [4.69, 9.17) is 4.74 Å². The normalized spacial score (nSPS) is 15.6. The third kappa shape index (κ3) is 2.94. The van der Waals surface area contributed by atoms with Gasteiger partial charge >= 0.3 is 0 Å². The molecule has 3 rings (SSSR count). The monoisotopic (exact) mass is 356 g/mol. The summed E-state index contributed by atoms with van der Waals surface area (Å²) >= 11 is 3.46. The molecule has 0 atom stereocenters. The fourth-order valence-corrected chi connectivity index (χ4v) is 2.58. The zero-order valence-electron chi connectivity index (χ0n) is 11.8.